The lowest BCUT2D eigenvalue weighted by Crippen LogP contribution is -2.46. The maximum absolute atomic E-state index is 11.7. The Balaban J connectivity index is 2.76. The van der Waals surface area contributed by atoms with Crippen LogP contribution >= 0.6 is 0 Å². The average Bonchev–Trinajstić information content (AvgIpc) is 2.68. The van der Waals surface area contributed by atoms with Gasteiger partial charge in [-0.25, -0.2) is 9.78 Å². The van der Waals surface area contributed by atoms with E-state index in [9.17, 15) is 10.0 Å². The van der Waals surface area contributed by atoms with Gasteiger partial charge < -0.3 is 0 Å². The largest absolute Gasteiger partial charge is 0.353 e. The van der Waals surface area contributed by atoms with Gasteiger partial charge in [0.15, 0.2) is 0 Å². The number of rotatable bonds is 3. The van der Waals surface area contributed by atoms with Crippen LogP contribution in [0.2, 0.25) is 0 Å². The summed E-state index contributed by atoms with van der Waals surface area (Å²) >= 11 is 0. The molecule has 1 aromatic rings. The molecule has 0 saturated heterocycles. The summed E-state index contributed by atoms with van der Waals surface area (Å²) in [5.41, 5.74) is -0.559. The Morgan fingerprint density at radius 1 is 1.60 bits per heavy atom. The topological polar surface area (TPSA) is 58.4 Å². The summed E-state index contributed by atoms with van der Waals surface area (Å²) in [5.74, 6) is 0. The lowest BCUT2D eigenvalue weighted by Gasteiger charge is -2.32. The van der Waals surface area contributed by atoms with E-state index in [1.165, 1.54) is 23.3 Å². The normalized spacial score (nSPS) is 11.5. The number of hydrogen-bond acceptors (Lipinski definition) is 3. The number of carbonyl (C=O) groups is 1. The van der Waals surface area contributed by atoms with Gasteiger partial charge in [0.2, 0.25) is 0 Å². The second-order valence-electron chi connectivity index (χ2n) is 4.13. The minimum atomic E-state index is -0.559. The third kappa shape index (κ3) is 2.56. The quantitative estimate of drug-likeness (QED) is 0.615. The number of aromatic nitrogens is 2. The minimum absolute atomic E-state index is 0.481. The molecule has 0 radical (unpaired) electrons. The molecular formula is C10H17N3O2. The van der Waals surface area contributed by atoms with Crippen LogP contribution in [0.5, 0.6) is 0 Å². The van der Waals surface area contributed by atoms with Crippen LogP contribution in [0.1, 0.15) is 33.6 Å². The molecule has 5 nitrogen and oxygen atoms in total. The first-order valence-electron chi connectivity index (χ1n) is 5.00. The Kier molecular flexibility index (Phi) is 3.47. The predicted octanol–water partition coefficient (Wildman–Crippen LogP) is 2.12. The fraction of sp³-hybridized carbons (Fsp3) is 0.600. The Hall–Kier alpha value is -1.36. The smallest absolute Gasteiger partial charge is 0.284 e. The van der Waals surface area contributed by atoms with Crippen LogP contribution in [0.15, 0.2) is 18.7 Å². The molecule has 1 N–H and O–H groups in total. The van der Waals surface area contributed by atoms with E-state index in [4.69, 9.17) is 0 Å². The molecule has 0 fully saturated rings. The summed E-state index contributed by atoms with van der Waals surface area (Å²) in [5, 5.41) is 10.5. The van der Waals surface area contributed by atoms with Crippen molar-refractivity contribution in [3.05, 3.63) is 18.7 Å². The van der Waals surface area contributed by atoms with Gasteiger partial charge in [-0.15, -0.1) is 0 Å². The Labute approximate surface area is 89.3 Å². The molecule has 0 saturated carbocycles. The number of carbonyl (C=O) groups excluding carboxylic acids is 1. The lowest BCUT2D eigenvalue weighted by molar-refractivity contribution is -0.116. The molecule has 0 unspecified atom stereocenters. The zero-order valence-electron chi connectivity index (χ0n) is 9.34. The number of hydroxylamine groups is 2. The van der Waals surface area contributed by atoms with Crippen LogP contribution in [0.3, 0.4) is 0 Å². The zero-order valence-corrected chi connectivity index (χ0v) is 9.34. The maximum Gasteiger partial charge on any atom is 0.353 e. The Bertz CT molecular complexity index is 319. The van der Waals surface area contributed by atoms with E-state index < -0.39 is 11.6 Å². The monoisotopic (exact) mass is 211 g/mol. The number of hydrogen-bond donors (Lipinski definition) is 1. The fourth-order valence-corrected chi connectivity index (χ4v) is 1.46. The van der Waals surface area contributed by atoms with E-state index >= 15 is 0 Å². The highest BCUT2D eigenvalue weighted by atomic mass is 16.5. The molecule has 1 heterocycles. The van der Waals surface area contributed by atoms with E-state index in [1.807, 2.05) is 20.8 Å². The van der Waals surface area contributed by atoms with Gasteiger partial charge >= 0.3 is 6.03 Å². The summed E-state index contributed by atoms with van der Waals surface area (Å²) < 4.78 is 1.25. The van der Waals surface area contributed by atoms with E-state index in [2.05, 4.69) is 4.98 Å². The summed E-state index contributed by atoms with van der Waals surface area (Å²) in [7, 11) is 0. The molecule has 0 aliphatic carbocycles. The lowest BCUT2D eigenvalue weighted by atomic mass is 9.99. The van der Waals surface area contributed by atoms with Crippen molar-refractivity contribution in [2.45, 2.75) is 39.2 Å². The van der Waals surface area contributed by atoms with Crippen molar-refractivity contribution < 1.29 is 10.0 Å². The second-order valence-corrected chi connectivity index (χ2v) is 4.13. The van der Waals surface area contributed by atoms with Crippen molar-refractivity contribution in [2.75, 3.05) is 0 Å². The van der Waals surface area contributed by atoms with Gasteiger partial charge in [0.1, 0.15) is 6.33 Å². The zero-order chi connectivity index (χ0) is 11.5. The van der Waals surface area contributed by atoms with Crippen LogP contribution in [-0.2, 0) is 0 Å². The molecule has 0 aliphatic heterocycles. The van der Waals surface area contributed by atoms with Crippen LogP contribution in [0, 0.1) is 0 Å². The van der Waals surface area contributed by atoms with Crippen molar-refractivity contribution in [3.63, 3.8) is 0 Å². The molecule has 1 aromatic heterocycles. The highest BCUT2D eigenvalue weighted by molar-refractivity contribution is 5.76. The van der Waals surface area contributed by atoms with Crippen molar-refractivity contribution in [1.82, 2.24) is 14.6 Å². The van der Waals surface area contributed by atoms with Crippen molar-refractivity contribution in [3.8, 4) is 0 Å². The molecule has 0 spiro atoms. The van der Waals surface area contributed by atoms with Crippen molar-refractivity contribution in [1.29, 1.82) is 0 Å². The standard InChI is InChI=1S/C10H17N3O2/c1-4-5-10(2,3)13(15)9(14)12-7-6-11-8-12/h6-8,15H,4-5H2,1-3H3. The van der Waals surface area contributed by atoms with Crippen LogP contribution in [0.25, 0.3) is 0 Å². The molecule has 5 heteroatoms. The first kappa shape index (κ1) is 11.7. The molecule has 15 heavy (non-hydrogen) atoms. The van der Waals surface area contributed by atoms with E-state index in [1.54, 1.807) is 0 Å². The van der Waals surface area contributed by atoms with Gasteiger partial charge in [-0.05, 0) is 20.3 Å². The Morgan fingerprint density at radius 3 is 2.73 bits per heavy atom. The molecular weight excluding hydrogens is 194 g/mol. The third-order valence-corrected chi connectivity index (χ3v) is 2.34. The first-order chi connectivity index (χ1) is 6.99. The van der Waals surface area contributed by atoms with E-state index in [-0.39, 0.29) is 0 Å². The average molecular weight is 211 g/mol. The predicted molar refractivity (Wildman–Crippen MR) is 55.6 cm³/mol. The van der Waals surface area contributed by atoms with Gasteiger partial charge in [0.05, 0.1) is 5.54 Å². The summed E-state index contributed by atoms with van der Waals surface area (Å²) in [6.45, 7) is 5.66. The van der Waals surface area contributed by atoms with Gasteiger partial charge in [0.25, 0.3) is 0 Å². The summed E-state index contributed by atoms with van der Waals surface area (Å²) in [6, 6.07) is -0.481. The second kappa shape index (κ2) is 4.44. The van der Waals surface area contributed by atoms with Gasteiger partial charge in [-0.2, -0.15) is 5.06 Å². The number of nitrogens with zero attached hydrogens (tertiary/aromatic N) is 3. The SMILES string of the molecule is CCCC(C)(C)N(O)C(=O)n1ccnc1. The molecule has 0 atom stereocenters. The molecule has 1 amide bonds. The van der Waals surface area contributed by atoms with Crippen LogP contribution in [0.4, 0.5) is 4.79 Å². The van der Waals surface area contributed by atoms with Gasteiger partial charge in [0, 0.05) is 12.4 Å². The highest BCUT2D eigenvalue weighted by Gasteiger charge is 2.29. The summed E-state index contributed by atoms with van der Waals surface area (Å²) in [4.78, 5) is 15.5. The van der Waals surface area contributed by atoms with E-state index in [0.717, 1.165) is 17.9 Å². The molecule has 1 rings (SSSR count). The molecule has 0 aliphatic rings. The third-order valence-electron chi connectivity index (χ3n) is 2.34. The number of imidazole rings is 1. The highest BCUT2D eigenvalue weighted by Crippen LogP contribution is 2.19. The van der Waals surface area contributed by atoms with E-state index in [0.29, 0.717) is 0 Å². The Morgan fingerprint density at radius 2 is 2.27 bits per heavy atom. The van der Waals surface area contributed by atoms with Crippen molar-refractivity contribution >= 4 is 6.03 Å². The van der Waals surface area contributed by atoms with Crippen LogP contribution < -0.4 is 0 Å². The van der Waals surface area contributed by atoms with Gasteiger partial charge in [-0.1, -0.05) is 13.3 Å². The maximum atomic E-state index is 11.7. The van der Waals surface area contributed by atoms with Crippen LogP contribution in [-0.4, -0.2) is 31.4 Å². The summed E-state index contributed by atoms with van der Waals surface area (Å²) in [6.07, 6.45) is 6.02. The minimum Gasteiger partial charge on any atom is -0.284 e. The molecule has 0 aromatic carbocycles. The molecule has 84 valence electrons. The molecule has 0 bridgehead atoms. The van der Waals surface area contributed by atoms with Crippen molar-refractivity contribution in [2.24, 2.45) is 0 Å². The first-order valence-corrected chi connectivity index (χ1v) is 5.00. The fourth-order valence-electron chi connectivity index (χ4n) is 1.46. The van der Waals surface area contributed by atoms with Gasteiger partial charge in [-0.3, -0.25) is 9.77 Å². The number of amides is 1.